The summed E-state index contributed by atoms with van der Waals surface area (Å²) in [7, 11) is -3.52. The number of nitrogens with one attached hydrogen (secondary N) is 1. The summed E-state index contributed by atoms with van der Waals surface area (Å²) in [6.07, 6.45) is 1.62. The third-order valence-electron chi connectivity index (χ3n) is 1.96. The minimum absolute atomic E-state index is 0.0629. The Labute approximate surface area is 98.4 Å². The molecule has 0 spiro atoms. The Kier molecular flexibility index (Phi) is 2.94. The second-order valence-corrected chi connectivity index (χ2v) is 5.78. The zero-order valence-electron chi connectivity index (χ0n) is 7.63. The summed E-state index contributed by atoms with van der Waals surface area (Å²) >= 11 is 11.5. The Hall–Kier alpha value is -0.290. The monoisotopic (exact) mass is 264 g/mol. The molecule has 2 rings (SSSR count). The number of hydrogen-bond donors (Lipinski definition) is 1. The fraction of sp³-hybridized carbons (Fsp3) is 0.222. The third kappa shape index (κ3) is 2.64. The maximum atomic E-state index is 11.8. The first-order valence-electron chi connectivity index (χ1n) is 4.31. The molecule has 3 nitrogen and oxygen atoms in total. The van der Waals surface area contributed by atoms with Gasteiger partial charge in [0.15, 0.2) is 0 Å². The van der Waals surface area contributed by atoms with Crippen LogP contribution in [0.15, 0.2) is 23.1 Å². The van der Waals surface area contributed by atoms with Crippen molar-refractivity contribution in [2.75, 3.05) is 0 Å². The van der Waals surface area contributed by atoms with Crippen molar-refractivity contribution in [2.45, 2.75) is 17.7 Å². The predicted molar refractivity (Wildman–Crippen MR) is 59.3 cm³/mol. The van der Waals surface area contributed by atoms with E-state index in [-0.39, 0.29) is 9.92 Å². The lowest BCUT2D eigenvalue weighted by Crippen LogP contribution is -2.21. The number of benzene rings is 1. The Bertz CT molecular complexity index is 483. The first-order chi connectivity index (χ1) is 6.99. The van der Waals surface area contributed by atoms with Gasteiger partial charge in [0.05, 0.1) is 11.1 Å². The van der Waals surface area contributed by atoms with Crippen LogP contribution in [0.4, 0.5) is 0 Å². The highest BCUT2D eigenvalue weighted by Gasteiger charge is 2.29. The third-order valence-corrected chi connectivity index (χ3v) is 4.11. The van der Waals surface area contributed by atoms with Crippen molar-refractivity contribution < 1.29 is 8.42 Å². The molecule has 15 heavy (non-hydrogen) atoms. The van der Waals surface area contributed by atoms with Crippen LogP contribution < -0.4 is 4.72 Å². The second kappa shape index (κ2) is 3.94. The van der Waals surface area contributed by atoms with E-state index in [0.717, 1.165) is 18.9 Å². The van der Waals surface area contributed by atoms with Gasteiger partial charge in [0.1, 0.15) is 4.90 Å². The molecule has 1 saturated carbocycles. The molecule has 0 aliphatic heterocycles. The molecule has 6 heteroatoms. The van der Waals surface area contributed by atoms with Gasteiger partial charge in [-0.2, -0.15) is 0 Å². The topological polar surface area (TPSA) is 46.2 Å². The van der Waals surface area contributed by atoms with Crippen LogP contribution >= 0.6 is 23.2 Å². The molecule has 1 fully saturated rings. The highest BCUT2D eigenvalue weighted by Crippen LogP contribution is 2.32. The fourth-order valence-corrected chi connectivity index (χ4v) is 3.07. The fourth-order valence-electron chi connectivity index (χ4n) is 1.10. The summed E-state index contributed by atoms with van der Waals surface area (Å²) in [5.41, 5.74) is 0. The van der Waals surface area contributed by atoms with E-state index in [1.54, 1.807) is 0 Å². The van der Waals surface area contributed by atoms with Gasteiger partial charge in [0, 0.05) is 5.02 Å². The Balaban J connectivity index is 2.34. The van der Waals surface area contributed by atoms with Gasteiger partial charge in [-0.15, -0.1) is 0 Å². The van der Waals surface area contributed by atoms with Crippen LogP contribution in [0.25, 0.3) is 0 Å². The molecule has 0 amide bonds. The van der Waals surface area contributed by atoms with E-state index in [1.807, 2.05) is 0 Å². The molecule has 1 N–H and O–H groups in total. The maximum absolute atomic E-state index is 11.8. The lowest BCUT2D eigenvalue weighted by Gasteiger charge is -2.06. The van der Waals surface area contributed by atoms with E-state index in [9.17, 15) is 8.42 Å². The first kappa shape index (κ1) is 11.2. The van der Waals surface area contributed by atoms with Gasteiger partial charge in [0.2, 0.25) is 10.0 Å². The van der Waals surface area contributed by atoms with Gasteiger partial charge >= 0.3 is 0 Å². The van der Waals surface area contributed by atoms with Crippen molar-refractivity contribution in [3.63, 3.8) is 0 Å². The zero-order chi connectivity index (χ0) is 11.1. The van der Waals surface area contributed by atoms with Crippen LogP contribution in [0, 0.1) is 6.04 Å². The van der Waals surface area contributed by atoms with E-state index in [1.165, 1.54) is 18.2 Å². The van der Waals surface area contributed by atoms with Crippen LogP contribution in [-0.2, 0) is 10.0 Å². The molecule has 1 aliphatic rings. The van der Waals surface area contributed by atoms with E-state index < -0.39 is 10.0 Å². The van der Waals surface area contributed by atoms with Crippen molar-refractivity contribution in [1.82, 2.24) is 4.72 Å². The van der Waals surface area contributed by atoms with E-state index in [2.05, 4.69) is 4.72 Å². The van der Waals surface area contributed by atoms with Crippen LogP contribution in [0.3, 0.4) is 0 Å². The number of hydrogen-bond acceptors (Lipinski definition) is 2. The summed E-state index contributed by atoms with van der Waals surface area (Å²) in [6.45, 7) is 0. The molecule has 0 aromatic heterocycles. The standard InChI is InChI=1S/C9H8Cl2NO2S/c10-6-1-4-9(8(11)5-6)15(13,14)12-7-2-3-7/h1,4-5,12H,2-3H2. The molecule has 1 radical (unpaired) electrons. The Morgan fingerprint density at radius 3 is 2.40 bits per heavy atom. The van der Waals surface area contributed by atoms with Gasteiger partial charge in [-0.05, 0) is 31.0 Å². The van der Waals surface area contributed by atoms with E-state index >= 15 is 0 Å². The average Bonchev–Trinajstić information content (AvgIpc) is 2.86. The van der Waals surface area contributed by atoms with Crippen molar-refractivity contribution in [1.29, 1.82) is 0 Å². The lowest BCUT2D eigenvalue weighted by molar-refractivity contribution is 0.587. The molecule has 1 aromatic carbocycles. The van der Waals surface area contributed by atoms with E-state index in [4.69, 9.17) is 23.2 Å². The number of sulfonamides is 1. The Morgan fingerprint density at radius 2 is 1.87 bits per heavy atom. The molecular formula is C9H8Cl2NO2S. The average molecular weight is 265 g/mol. The number of rotatable bonds is 3. The smallest absolute Gasteiger partial charge is 0.207 e. The van der Waals surface area contributed by atoms with Gasteiger partial charge < -0.3 is 0 Å². The van der Waals surface area contributed by atoms with Gasteiger partial charge in [-0.25, -0.2) is 13.1 Å². The van der Waals surface area contributed by atoms with Crippen LogP contribution in [0.2, 0.25) is 10.0 Å². The summed E-state index contributed by atoms with van der Waals surface area (Å²) in [5, 5.41) is 0.550. The quantitative estimate of drug-likeness (QED) is 0.913. The summed E-state index contributed by atoms with van der Waals surface area (Å²) in [4.78, 5) is 0.0629. The number of halogens is 2. The second-order valence-electron chi connectivity index (χ2n) is 3.28. The van der Waals surface area contributed by atoms with Crippen molar-refractivity contribution in [3.8, 4) is 0 Å². The van der Waals surface area contributed by atoms with Gasteiger partial charge in [-0.3, -0.25) is 0 Å². The molecule has 81 valence electrons. The van der Waals surface area contributed by atoms with Crippen LogP contribution in [0.1, 0.15) is 12.8 Å². The van der Waals surface area contributed by atoms with Crippen molar-refractivity contribution >= 4 is 33.2 Å². The summed E-state index contributed by atoms with van der Waals surface area (Å²) in [6, 6.07) is 5.13. The predicted octanol–water partition coefficient (Wildman–Crippen LogP) is 2.60. The maximum Gasteiger partial charge on any atom is 0.242 e. The highest BCUT2D eigenvalue weighted by molar-refractivity contribution is 7.89. The van der Waals surface area contributed by atoms with Gasteiger partial charge in [-0.1, -0.05) is 23.2 Å². The molecule has 1 aliphatic carbocycles. The van der Waals surface area contributed by atoms with Crippen LogP contribution in [-0.4, -0.2) is 8.42 Å². The van der Waals surface area contributed by atoms with E-state index in [0.29, 0.717) is 5.02 Å². The largest absolute Gasteiger partial charge is 0.242 e. The van der Waals surface area contributed by atoms with Crippen LogP contribution in [0.5, 0.6) is 0 Å². The zero-order valence-corrected chi connectivity index (χ0v) is 9.96. The van der Waals surface area contributed by atoms with Gasteiger partial charge in [0.25, 0.3) is 0 Å². The normalized spacial score (nSPS) is 16.7. The molecule has 1 aromatic rings. The molecule has 0 saturated heterocycles. The summed E-state index contributed by atoms with van der Waals surface area (Å²) < 4.78 is 26.0. The SMILES string of the molecule is O=S(=O)(N[C]1CC1)c1ccc(Cl)cc1Cl. The molecular weight excluding hydrogens is 257 g/mol. The molecule has 0 bridgehead atoms. The highest BCUT2D eigenvalue weighted by atomic mass is 35.5. The Morgan fingerprint density at radius 1 is 1.20 bits per heavy atom. The minimum Gasteiger partial charge on any atom is -0.207 e. The molecule has 0 heterocycles. The van der Waals surface area contributed by atoms with Crippen molar-refractivity contribution in [2.24, 2.45) is 0 Å². The molecule has 0 unspecified atom stereocenters. The summed E-state index contributed by atoms with van der Waals surface area (Å²) in [5.74, 6) is 0. The van der Waals surface area contributed by atoms with Crippen molar-refractivity contribution in [3.05, 3.63) is 34.3 Å². The molecule has 0 atom stereocenters. The minimum atomic E-state index is -3.52. The lowest BCUT2D eigenvalue weighted by atomic mass is 10.4. The first-order valence-corrected chi connectivity index (χ1v) is 6.55.